The van der Waals surface area contributed by atoms with Crippen molar-refractivity contribution in [2.75, 3.05) is 18.5 Å². The maximum atomic E-state index is 13.9. The number of carbonyl (C=O) groups excluding carboxylic acids is 3. The summed E-state index contributed by atoms with van der Waals surface area (Å²) in [5.74, 6) is -0.972. The van der Waals surface area contributed by atoms with E-state index in [1.54, 1.807) is 18.2 Å². The van der Waals surface area contributed by atoms with Gasteiger partial charge >= 0.3 is 6.03 Å². The second-order valence-corrected chi connectivity index (χ2v) is 10.0. The third-order valence-electron chi connectivity index (χ3n) is 5.84. The van der Waals surface area contributed by atoms with Crippen LogP contribution in [0.3, 0.4) is 0 Å². The second kappa shape index (κ2) is 13.2. The first-order valence-corrected chi connectivity index (χ1v) is 13.5. The Morgan fingerprint density at radius 2 is 1.88 bits per heavy atom. The number of urea groups is 1. The number of imide groups is 1. The van der Waals surface area contributed by atoms with Crippen LogP contribution in [0.1, 0.15) is 23.6 Å². The van der Waals surface area contributed by atoms with E-state index in [1.165, 1.54) is 24.3 Å². The largest absolute Gasteiger partial charge is 0.490 e. The summed E-state index contributed by atoms with van der Waals surface area (Å²) < 4.78 is 27.0. The Bertz CT molecular complexity index is 1470. The molecule has 0 spiro atoms. The van der Waals surface area contributed by atoms with Crippen molar-refractivity contribution in [3.8, 4) is 11.5 Å². The molecule has 0 bridgehead atoms. The molecule has 0 aromatic heterocycles. The first-order valence-electron chi connectivity index (χ1n) is 12.5. The smallest absolute Gasteiger partial charge is 0.329 e. The van der Waals surface area contributed by atoms with Gasteiger partial charge in [-0.25, -0.2) is 14.1 Å². The Morgan fingerprint density at radius 3 is 2.58 bits per heavy atom. The molecule has 3 aromatic carbocycles. The minimum absolute atomic E-state index is 0.0109. The highest BCUT2D eigenvalue weighted by molar-refractivity contribution is 14.1. The van der Waals surface area contributed by atoms with E-state index in [4.69, 9.17) is 9.47 Å². The predicted molar refractivity (Wildman–Crippen MR) is 158 cm³/mol. The predicted octanol–water partition coefficient (Wildman–Crippen LogP) is 5.67. The van der Waals surface area contributed by atoms with E-state index in [9.17, 15) is 18.8 Å². The molecule has 40 heavy (non-hydrogen) atoms. The van der Waals surface area contributed by atoms with Crippen LogP contribution in [0.25, 0.3) is 6.08 Å². The molecule has 1 aliphatic rings. The van der Waals surface area contributed by atoms with Crippen LogP contribution in [-0.4, -0.2) is 35.9 Å². The molecular weight excluding hydrogens is 628 g/mol. The van der Waals surface area contributed by atoms with Crippen LogP contribution >= 0.6 is 22.6 Å². The first-order chi connectivity index (χ1) is 19.3. The fourth-order valence-corrected chi connectivity index (χ4v) is 4.37. The van der Waals surface area contributed by atoms with Crippen molar-refractivity contribution in [2.45, 2.75) is 20.0 Å². The maximum Gasteiger partial charge on any atom is 0.329 e. The van der Waals surface area contributed by atoms with Crippen LogP contribution in [0.5, 0.6) is 11.5 Å². The maximum absolute atomic E-state index is 13.9. The molecule has 4 amide bonds. The van der Waals surface area contributed by atoms with Gasteiger partial charge in [0.15, 0.2) is 11.5 Å². The number of rotatable bonds is 11. The number of benzene rings is 3. The number of carbonyl (C=O) groups is 3. The molecule has 1 heterocycles. The Kier molecular flexibility index (Phi) is 9.54. The topological polar surface area (TPSA) is 97.0 Å². The lowest BCUT2D eigenvalue weighted by molar-refractivity contribution is -0.127. The number of allylic oxidation sites excluding steroid dienone is 1. The minimum Gasteiger partial charge on any atom is -0.490 e. The minimum atomic E-state index is -0.756. The third-order valence-corrected chi connectivity index (χ3v) is 6.56. The molecule has 0 unspecified atom stereocenters. The second-order valence-electron chi connectivity index (χ2n) is 8.76. The fourth-order valence-electron chi connectivity index (χ4n) is 4.01. The number of ether oxygens (including phenoxy) is 2. The number of amides is 4. The van der Waals surface area contributed by atoms with Crippen molar-refractivity contribution in [3.63, 3.8) is 0 Å². The summed E-state index contributed by atoms with van der Waals surface area (Å²) in [4.78, 5) is 38.7. The first kappa shape index (κ1) is 28.8. The molecule has 0 saturated carbocycles. The van der Waals surface area contributed by atoms with Crippen LogP contribution in [0.15, 0.2) is 79.0 Å². The van der Waals surface area contributed by atoms with Gasteiger partial charge < -0.3 is 20.1 Å². The van der Waals surface area contributed by atoms with Gasteiger partial charge in [-0.2, -0.15) is 0 Å². The average Bonchev–Trinajstić information content (AvgIpc) is 3.18. The van der Waals surface area contributed by atoms with Crippen molar-refractivity contribution < 1.29 is 28.2 Å². The molecule has 0 radical (unpaired) electrons. The van der Waals surface area contributed by atoms with E-state index in [-0.39, 0.29) is 11.4 Å². The number of hydrogen-bond donors (Lipinski definition) is 2. The molecule has 1 fully saturated rings. The summed E-state index contributed by atoms with van der Waals surface area (Å²) in [5, 5.41) is 4.87. The average molecular weight is 655 g/mol. The summed E-state index contributed by atoms with van der Waals surface area (Å²) in [5.41, 5.74) is 2.32. The van der Waals surface area contributed by atoms with E-state index in [0.29, 0.717) is 36.7 Å². The number of hydrogen-bond acceptors (Lipinski definition) is 5. The van der Waals surface area contributed by atoms with Crippen molar-refractivity contribution in [1.82, 2.24) is 10.2 Å². The highest BCUT2D eigenvalue weighted by atomic mass is 127. The van der Waals surface area contributed by atoms with Gasteiger partial charge in [0.1, 0.15) is 24.7 Å². The van der Waals surface area contributed by atoms with Crippen molar-refractivity contribution in [2.24, 2.45) is 0 Å². The lowest BCUT2D eigenvalue weighted by Gasteiger charge is -2.17. The lowest BCUT2D eigenvalue weighted by Crippen LogP contribution is -2.38. The number of para-hydroxylation sites is 1. The molecule has 3 aromatic rings. The van der Waals surface area contributed by atoms with Crippen LogP contribution < -0.4 is 20.1 Å². The van der Waals surface area contributed by atoms with Gasteiger partial charge in [0.2, 0.25) is 5.91 Å². The molecule has 1 aliphatic heterocycles. The summed E-state index contributed by atoms with van der Waals surface area (Å²) in [7, 11) is 0. The monoisotopic (exact) mass is 655 g/mol. The zero-order valence-electron chi connectivity index (χ0n) is 21.7. The van der Waals surface area contributed by atoms with Crippen LogP contribution in [0.2, 0.25) is 0 Å². The number of nitrogens with zero attached hydrogens (tertiary/aromatic N) is 1. The zero-order chi connectivity index (χ0) is 28.6. The highest BCUT2D eigenvalue weighted by Crippen LogP contribution is 2.35. The van der Waals surface area contributed by atoms with Gasteiger partial charge in [0.25, 0.3) is 5.91 Å². The van der Waals surface area contributed by atoms with Gasteiger partial charge in [-0.15, -0.1) is 6.58 Å². The lowest BCUT2D eigenvalue weighted by atomic mass is 10.0. The van der Waals surface area contributed by atoms with Gasteiger partial charge in [-0.1, -0.05) is 30.3 Å². The normalized spacial score (nSPS) is 13.8. The Morgan fingerprint density at radius 1 is 1.12 bits per heavy atom. The van der Waals surface area contributed by atoms with Crippen LogP contribution in [0.4, 0.5) is 14.9 Å². The summed E-state index contributed by atoms with van der Waals surface area (Å²) >= 11 is 2.24. The van der Waals surface area contributed by atoms with Gasteiger partial charge in [-0.3, -0.25) is 9.59 Å². The van der Waals surface area contributed by atoms with Crippen LogP contribution in [0, 0.1) is 9.39 Å². The third kappa shape index (κ3) is 7.06. The SMILES string of the molecule is C=CCc1cc(/C=C2/NC(=O)N(CC(=O)Nc3ccccc3F)C2=O)cc(OCC)c1OCc1ccc(I)cc1. The van der Waals surface area contributed by atoms with E-state index in [0.717, 1.165) is 19.6 Å². The highest BCUT2D eigenvalue weighted by Gasteiger charge is 2.35. The molecule has 10 heteroatoms. The molecule has 2 N–H and O–H groups in total. The van der Waals surface area contributed by atoms with Crippen molar-refractivity contribution >= 4 is 52.2 Å². The molecule has 206 valence electrons. The molecule has 0 aliphatic carbocycles. The van der Waals surface area contributed by atoms with E-state index < -0.39 is 30.2 Å². The molecule has 4 rings (SSSR count). The molecule has 8 nitrogen and oxygen atoms in total. The summed E-state index contributed by atoms with van der Waals surface area (Å²) in [6.07, 6.45) is 3.72. The number of nitrogens with one attached hydrogen (secondary N) is 2. The van der Waals surface area contributed by atoms with E-state index in [1.807, 2.05) is 37.3 Å². The zero-order valence-corrected chi connectivity index (χ0v) is 23.9. The van der Waals surface area contributed by atoms with Gasteiger partial charge in [-0.05, 0) is 89.5 Å². The van der Waals surface area contributed by atoms with Crippen LogP contribution in [-0.2, 0) is 22.6 Å². The summed E-state index contributed by atoms with van der Waals surface area (Å²) in [6, 6.07) is 16.4. The molecular formula is C30H27FIN3O5. The number of halogens is 2. The van der Waals surface area contributed by atoms with E-state index >= 15 is 0 Å². The summed E-state index contributed by atoms with van der Waals surface area (Å²) in [6.45, 7) is 5.83. The van der Waals surface area contributed by atoms with Crippen molar-refractivity contribution in [3.05, 3.63) is 105 Å². The van der Waals surface area contributed by atoms with Gasteiger partial charge in [0, 0.05) is 9.13 Å². The quantitative estimate of drug-likeness (QED) is 0.120. The fraction of sp³-hybridized carbons (Fsp3) is 0.167. The Balaban J connectivity index is 1.55. The Labute approximate surface area is 245 Å². The standard InChI is InChI=1S/C30H27FIN3O5/c1-3-7-21-14-20(16-26(39-4-2)28(21)40-18-19-10-12-22(32)13-11-19)15-25-29(37)35(30(38)34-25)17-27(36)33-24-9-6-5-8-23(24)31/h3,5-6,8-16H,1,4,7,17-18H2,2H3,(H,33,36)(H,34,38)/b25-15+. The van der Waals surface area contributed by atoms with E-state index in [2.05, 4.69) is 39.8 Å². The number of anilines is 1. The van der Waals surface area contributed by atoms with Gasteiger partial charge in [0.05, 0.1) is 12.3 Å². The molecule has 1 saturated heterocycles. The Hall–Kier alpha value is -4.19. The van der Waals surface area contributed by atoms with Crippen molar-refractivity contribution in [1.29, 1.82) is 0 Å². The molecule has 0 atom stereocenters.